The zero-order valence-electron chi connectivity index (χ0n) is 20.9. The third-order valence-corrected chi connectivity index (χ3v) is 5.63. The second-order valence-corrected chi connectivity index (χ2v) is 7.87. The minimum absolute atomic E-state index is 0.306. The van der Waals surface area contributed by atoms with E-state index in [1.54, 1.807) is 41.1 Å². The van der Waals surface area contributed by atoms with E-state index in [2.05, 4.69) is 5.10 Å². The molecule has 0 atom stereocenters. The van der Waals surface area contributed by atoms with Crippen LogP contribution in [0.5, 0.6) is 23.0 Å². The maximum atomic E-state index is 14.7. The highest BCUT2D eigenvalue weighted by atomic mass is 19.1. The van der Waals surface area contributed by atoms with Gasteiger partial charge in [-0.05, 0) is 54.6 Å². The van der Waals surface area contributed by atoms with Crippen molar-refractivity contribution in [2.24, 2.45) is 0 Å². The van der Waals surface area contributed by atoms with Crippen LogP contribution in [-0.2, 0) is 0 Å². The van der Waals surface area contributed by atoms with Crippen molar-refractivity contribution in [3.8, 4) is 28.7 Å². The summed E-state index contributed by atoms with van der Waals surface area (Å²) < 4.78 is 51.9. The number of hydrogen-bond donors (Lipinski definition) is 0. The van der Waals surface area contributed by atoms with Crippen molar-refractivity contribution in [1.29, 1.82) is 0 Å². The fourth-order valence-corrected chi connectivity index (χ4v) is 3.74. The van der Waals surface area contributed by atoms with E-state index in [-0.39, 0.29) is 0 Å². The quantitative estimate of drug-likeness (QED) is 0.260. The molecule has 0 unspecified atom stereocenters. The van der Waals surface area contributed by atoms with Crippen LogP contribution in [0.3, 0.4) is 0 Å². The molecule has 0 bridgehead atoms. The third-order valence-electron chi connectivity index (χ3n) is 5.63. The van der Waals surface area contributed by atoms with Gasteiger partial charge < -0.3 is 18.9 Å². The van der Waals surface area contributed by atoms with Crippen molar-refractivity contribution in [1.82, 2.24) is 9.78 Å². The molecule has 0 saturated heterocycles. The lowest BCUT2D eigenvalue weighted by atomic mass is 10.1. The van der Waals surface area contributed by atoms with Gasteiger partial charge in [-0.15, -0.1) is 0 Å². The molecular formula is C29H26F2N2O4. The van der Waals surface area contributed by atoms with Crippen LogP contribution in [0.25, 0.3) is 30.0 Å². The minimum atomic E-state index is -0.458. The van der Waals surface area contributed by atoms with Gasteiger partial charge in [0.15, 0.2) is 23.0 Å². The average molecular weight is 505 g/mol. The van der Waals surface area contributed by atoms with Gasteiger partial charge in [-0.3, -0.25) is 0 Å². The maximum absolute atomic E-state index is 14.7. The molecule has 37 heavy (non-hydrogen) atoms. The second kappa shape index (κ2) is 11.4. The van der Waals surface area contributed by atoms with E-state index in [9.17, 15) is 8.78 Å². The first-order valence-corrected chi connectivity index (χ1v) is 11.3. The number of rotatable bonds is 9. The van der Waals surface area contributed by atoms with E-state index in [0.717, 1.165) is 5.69 Å². The van der Waals surface area contributed by atoms with Gasteiger partial charge in [0.1, 0.15) is 11.6 Å². The average Bonchev–Trinajstić information content (AvgIpc) is 3.34. The summed E-state index contributed by atoms with van der Waals surface area (Å²) in [7, 11) is 5.89. The highest BCUT2D eigenvalue weighted by Crippen LogP contribution is 2.32. The molecule has 0 amide bonds. The number of methoxy groups -OCH3 is 4. The van der Waals surface area contributed by atoms with Crippen molar-refractivity contribution in [2.75, 3.05) is 28.4 Å². The van der Waals surface area contributed by atoms with Crippen LogP contribution in [0.4, 0.5) is 8.78 Å². The van der Waals surface area contributed by atoms with E-state index in [1.165, 1.54) is 40.6 Å². The van der Waals surface area contributed by atoms with Gasteiger partial charge in [0, 0.05) is 23.3 Å². The van der Waals surface area contributed by atoms with Crippen molar-refractivity contribution < 1.29 is 27.7 Å². The Balaban J connectivity index is 1.72. The first kappa shape index (κ1) is 25.5. The SMILES string of the molecule is COc1cc(F)c(/C=C/c2cc(/C=C/c3cc(OC)c(OC)cc3F)n(-c3ccccc3)n2)cc1OC. The van der Waals surface area contributed by atoms with E-state index in [4.69, 9.17) is 18.9 Å². The van der Waals surface area contributed by atoms with Crippen LogP contribution < -0.4 is 18.9 Å². The number of aromatic nitrogens is 2. The third kappa shape index (κ3) is 5.64. The molecule has 0 radical (unpaired) electrons. The molecule has 4 rings (SSSR count). The van der Waals surface area contributed by atoms with Crippen molar-refractivity contribution in [3.05, 3.63) is 94.8 Å². The fourth-order valence-electron chi connectivity index (χ4n) is 3.74. The Hall–Kier alpha value is -4.59. The molecule has 8 heteroatoms. The summed E-state index contributed by atoms with van der Waals surface area (Å²) in [5.74, 6) is 0.533. The fraction of sp³-hybridized carbons (Fsp3) is 0.138. The summed E-state index contributed by atoms with van der Waals surface area (Å²) in [6.45, 7) is 0. The number of ether oxygens (including phenoxy) is 4. The predicted molar refractivity (Wildman–Crippen MR) is 140 cm³/mol. The second-order valence-electron chi connectivity index (χ2n) is 7.87. The topological polar surface area (TPSA) is 54.7 Å². The van der Waals surface area contributed by atoms with Crippen LogP contribution in [0.2, 0.25) is 0 Å². The highest BCUT2D eigenvalue weighted by molar-refractivity contribution is 5.74. The summed E-state index contributed by atoms with van der Waals surface area (Å²) >= 11 is 0. The van der Waals surface area contributed by atoms with Gasteiger partial charge in [0.2, 0.25) is 0 Å². The molecule has 0 aliphatic heterocycles. The smallest absolute Gasteiger partial charge is 0.163 e. The Morgan fingerprint density at radius 2 is 1.11 bits per heavy atom. The molecule has 6 nitrogen and oxygen atoms in total. The number of halogens is 2. The summed E-state index contributed by atoms with van der Waals surface area (Å²) in [6.07, 6.45) is 6.68. The van der Waals surface area contributed by atoms with Gasteiger partial charge in [-0.25, -0.2) is 13.5 Å². The molecule has 0 aliphatic rings. The molecular weight excluding hydrogens is 478 g/mol. The summed E-state index contributed by atoms with van der Waals surface area (Å²) in [4.78, 5) is 0. The largest absolute Gasteiger partial charge is 0.493 e. The Morgan fingerprint density at radius 1 is 0.622 bits per heavy atom. The van der Waals surface area contributed by atoms with Crippen molar-refractivity contribution in [3.63, 3.8) is 0 Å². The molecule has 3 aromatic carbocycles. The van der Waals surface area contributed by atoms with E-state index in [0.29, 0.717) is 45.5 Å². The minimum Gasteiger partial charge on any atom is -0.493 e. The molecule has 190 valence electrons. The zero-order chi connectivity index (χ0) is 26.4. The van der Waals surface area contributed by atoms with Crippen LogP contribution in [0.15, 0.2) is 60.7 Å². The van der Waals surface area contributed by atoms with Crippen LogP contribution in [0, 0.1) is 11.6 Å². The van der Waals surface area contributed by atoms with Gasteiger partial charge >= 0.3 is 0 Å². The van der Waals surface area contributed by atoms with Crippen LogP contribution in [0.1, 0.15) is 22.5 Å². The van der Waals surface area contributed by atoms with Gasteiger partial charge in [0.05, 0.1) is 45.5 Å². The molecule has 0 aliphatic carbocycles. The van der Waals surface area contributed by atoms with Gasteiger partial charge in [-0.2, -0.15) is 5.10 Å². The molecule has 0 N–H and O–H groups in total. The Kier molecular flexibility index (Phi) is 7.88. The lowest BCUT2D eigenvalue weighted by Crippen LogP contribution is -1.98. The van der Waals surface area contributed by atoms with Crippen molar-refractivity contribution in [2.45, 2.75) is 0 Å². The van der Waals surface area contributed by atoms with Crippen LogP contribution in [-0.4, -0.2) is 38.2 Å². The molecule has 1 aromatic heterocycles. The lowest BCUT2D eigenvalue weighted by molar-refractivity contribution is 0.352. The summed E-state index contributed by atoms with van der Waals surface area (Å²) in [5.41, 5.74) is 2.71. The molecule has 4 aromatic rings. The number of para-hydroxylation sites is 1. The van der Waals surface area contributed by atoms with Gasteiger partial charge in [0.25, 0.3) is 0 Å². The first-order chi connectivity index (χ1) is 18.0. The number of nitrogens with zero attached hydrogens (tertiary/aromatic N) is 2. The normalized spacial score (nSPS) is 11.3. The molecule has 1 heterocycles. The summed E-state index contributed by atoms with van der Waals surface area (Å²) in [5, 5.41) is 4.66. The zero-order valence-corrected chi connectivity index (χ0v) is 20.9. The first-order valence-electron chi connectivity index (χ1n) is 11.3. The van der Waals surface area contributed by atoms with E-state index < -0.39 is 11.6 Å². The standard InChI is InChI=1S/C29H26F2N2O4/c1-34-26-14-19(24(30)17-28(26)36-3)10-12-21-16-23(33(32-21)22-8-6-5-7-9-22)13-11-20-15-27(35-2)29(37-4)18-25(20)31/h5-18H,1-4H3/b12-10+,13-11+. The van der Waals surface area contributed by atoms with Crippen LogP contribution >= 0.6 is 0 Å². The predicted octanol–water partition coefficient (Wildman–Crippen LogP) is 6.53. The monoisotopic (exact) mass is 504 g/mol. The Labute approximate surface area is 214 Å². The number of benzene rings is 3. The van der Waals surface area contributed by atoms with Gasteiger partial charge in [-0.1, -0.05) is 18.2 Å². The molecule has 0 fully saturated rings. The Morgan fingerprint density at radius 3 is 1.62 bits per heavy atom. The molecule has 0 saturated carbocycles. The number of hydrogen-bond acceptors (Lipinski definition) is 5. The summed E-state index contributed by atoms with van der Waals surface area (Å²) in [6, 6.07) is 17.0. The maximum Gasteiger partial charge on any atom is 0.163 e. The highest BCUT2D eigenvalue weighted by Gasteiger charge is 2.12. The van der Waals surface area contributed by atoms with E-state index >= 15 is 0 Å². The van der Waals surface area contributed by atoms with Crippen molar-refractivity contribution >= 4 is 24.3 Å². The van der Waals surface area contributed by atoms with E-state index in [1.807, 2.05) is 36.4 Å². The lowest BCUT2D eigenvalue weighted by Gasteiger charge is -2.09. The molecule has 0 spiro atoms. The Bertz CT molecular complexity index is 1450.